The minimum Gasteiger partial charge on any atom is -0.0920 e. The lowest BCUT2D eigenvalue weighted by atomic mass is 9.79. The molecule has 1 aromatic carbocycles. The molecule has 1 aromatic rings. The monoisotopic (exact) mass is 191 g/mol. The van der Waals surface area contributed by atoms with Crippen LogP contribution in [0.1, 0.15) is 31.9 Å². The van der Waals surface area contributed by atoms with Gasteiger partial charge in [0.25, 0.3) is 0 Å². The van der Waals surface area contributed by atoms with Gasteiger partial charge in [-0.05, 0) is 25.0 Å². The van der Waals surface area contributed by atoms with Crippen molar-refractivity contribution in [3.63, 3.8) is 0 Å². The van der Waals surface area contributed by atoms with Crippen molar-refractivity contribution < 1.29 is 0 Å². The summed E-state index contributed by atoms with van der Waals surface area (Å²) in [5.74, 6) is 0. The second-order valence-corrected chi connectivity index (χ2v) is 2.90. The van der Waals surface area contributed by atoms with E-state index in [0.717, 1.165) is 0 Å². The fraction of sp³-hybridized carbons (Fsp3) is 0.538. The van der Waals surface area contributed by atoms with Gasteiger partial charge in [0.1, 0.15) is 7.28 Å². The summed E-state index contributed by atoms with van der Waals surface area (Å²) in [6, 6.07) is 8.36. The largest absolute Gasteiger partial charge is 0.105 e. The summed E-state index contributed by atoms with van der Waals surface area (Å²) in [5, 5.41) is 0. The van der Waals surface area contributed by atoms with Crippen LogP contribution in [0.15, 0.2) is 24.3 Å². The zero-order chi connectivity index (χ0) is 11.4. The lowest BCUT2D eigenvalue weighted by Gasteiger charge is -1.93. The van der Waals surface area contributed by atoms with Crippen molar-refractivity contribution in [3.8, 4) is 0 Å². The quantitative estimate of drug-likeness (QED) is 0.573. The third-order valence-corrected chi connectivity index (χ3v) is 1.83. The lowest BCUT2D eigenvalue weighted by molar-refractivity contribution is 1.34. The van der Waals surface area contributed by atoms with Crippen LogP contribution >= 0.6 is 0 Å². The van der Waals surface area contributed by atoms with Crippen LogP contribution in [0.2, 0.25) is 13.1 Å². The van der Waals surface area contributed by atoms with Crippen LogP contribution in [0.3, 0.4) is 0 Å². The van der Waals surface area contributed by atoms with Crippen LogP contribution in [0.25, 0.3) is 0 Å². The Morgan fingerprint density at radius 1 is 1.00 bits per heavy atom. The van der Waals surface area contributed by atoms with E-state index in [9.17, 15) is 0 Å². The lowest BCUT2D eigenvalue weighted by Crippen LogP contribution is -1.74. The molecular formula is C13H24B. The summed E-state index contributed by atoms with van der Waals surface area (Å²) < 4.78 is 0. The number of hydrogen-bond acceptors (Lipinski definition) is 0. The van der Waals surface area contributed by atoms with Gasteiger partial charge in [-0.15, -0.1) is 0 Å². The van der Waals surface area contributed by atoms with E-state index in [-0.39, 0.29) is 0 Å². The van der Waals surface area contributed by atoms with E-state index in [0.29, 0.717) is 0 Å². The Morgan fingerprint density at radius 2 is 1.29 bits per heavy atom. The Hall–Kier alpha value is -0.715. The first-order valence-corrected chi connectivity index (χ1v) is 5.52. The molecule has 14 heavy (non-hydrogen) atoms. The summed E-state index contributed by atoms with van der Waals surface area (Å²) in [7, 11) is 2.12. The third kappa shape index (κ3) is 9.37. The molecule has 0 saturated carbocycles. The average Bonchev–Trinajstić information content (AvgIpc) is 2.26. The highest BCUT2D eigenvalue weighted by atomic mass is 13.9. The van der Waals surface area contributed by atoms with Crippen molar-refractivity contribution in [1.82, 2.24) is 0 Å². The Balaban J connectivity index is 0. The van der Waals surface area contributed by atoms with Crippen LogP contribution < -0.4 is 0 Å². The number of hydrogen-bond donors (Lipinski definition) is 0. The van der Waals surface area contributed by atoms with Gasteiger partial charge in [-0.2, -0.15) is 0 Å². The molecule has 1 rings (SSSR count). The molecule has 0 heterocycles. The van der Waals surface area contributed by atoms with E-state index in [1.54, 1.807) is 0 Å². The van der Waals surface area contributed by atoms with Crippen LogP contribution in [0, 0.1) is 13.8 Å². The first kappa shape index (κ1) is 15.7. The van der Waals surface area contributed by atoms with Gasteiger partial charge >= 0.3 is 0 Å². The van der Waals surface area contributed by atoms with Crippen LogP contribution in [0.5, 0.6) is 0 Å². The number of benzene rings is 1. The molecular weight excluding hydrogens is 167 g/mol. The third-order valence-electron chi connectivity index (χ3n) is 1.83. The SMILES string of the molecule is CC.C[B]CC.Cc1ccccc1C. The Labute approximate surface area is 91.0 Å². The maximum Gasteiger partial charge on any atom is 0.105 e. The van der Waals surface area contributed by atoms with Gasteiger partial charge in [-0.1, -0.05) is 58.2 Å². The van der Waals surface area contributed by atoms with Crippen molar-refractivity contribution in [2.24, 2.45) is 0 Å². The molecule has 0 aliphatic carbocycles. The molecule has 0 N–H and O–H groups in total. The Bertz CT molecular complexity index is 183. The van der Waals surface area contributed by atoms with Crippen molar-refractivity contribution in [3.05, 3.63) is 35.4 Å². The fourth-order valence-electron chi connectivity index (χ4n) is 0.663. The van der Waals surface area contributed by atoms with Gasteiger partial charge in [-0.25, -0.2) is 0 Å². The second kappa shape index (κ2) is 12.3. The molecule has 0 aliphatic heterocycles. The molecule has 0 bridgehead atoms. The molecule has 0 spiro atoms. The zero-order valence-electron chi connectivity index (χ0n) is 10.6. The molecule has 1 heteroatoms. The van der Waals surface area contributed by atoms with Gasteiger partial charge in [0.05, 0.1) is 0 Å². The summed E-state index contributed by atoms with van der Waals surface area (Å²) in [4.78, 5) is 0. The molecule has 1 radical (unpaired) electrons. The molecule has 0 atom stereocenters. The Kier molecular flexibility index (Phi) is 13.8. The molecule has 79 valence electrons. The highest BCUT2D eigenvalue weighted by molar-refractivity contribution is 6.33. The van der Waals surface area contributed by atoms with Crippen LogP contribution in [0.4, 0.5) is 0 Å². The smallest absolute Gasteiger partial charge is 0.0920 e. The molecule has 0 aromatic heterocycles. The maximum atomic E-state index is 2.12. The number of aryl methyl sites for hydroxylation is 2. The molecule has 0 aliphatic rings. The van der Waals surface area contributed by atoms with Gasteiger partial charge in [0.15, 0.2) is 0 Å². The van der Waals surface area contributed by atoms with Crippen molar-refractivity contribution in [2.45, 2.75) is 47.8 Å². The fourth-order valence-corrected chi connectivity index (χ4v) is 0.663. The molecule has 0 saturated heterocycles. The minimum atomic E-state index is 1.19. The summed E-state index contributed by atoms with van der Waals surface area (Å²) in [5.41, 5.74) is 2.74. The van der Waals surface area contributed by atoms with Gasteiger partial charge in [0, 0.05) is 0 Å². The van der Waals surface area contributed by atoms with Gasteiger partial charge in [0.2, 0.25) is 0 Å². The maximum absolute atomic E-state index is 2.12. The molecule has 0 fully saturated rings. The Morgan fingerprint density at radius 3 is 1.43 bits per heavy atom. The van der Waals surface area contributed by atoms with Crippen molar-refractivity contribution in [1.29, 1.82) is 0 Å². The van der Waals surface area contributed by atoms with E-state index < -0.39 is 0 Å². The van der Waals surface area contributed by atoms with Gasteiger partial charge < -0.3 is 0 Å². The van der Waals surface area contributed by atoms with Crippen LogP contribution in [-0.4, -0.2) is 7.28 Å². The normalized spacial score (nSPS) is 7.57. The highest BCUT2D eigenvalue weighted by Crippen LogP contribution is 2.02. The first-order valence-electron chi connectivity index (χ1n) is 5.52. The minimum absolute atomic E-state index is 1.19. The van der Waals surface area contributed by atoms with E-state index in [1.165, 1.54) is 17.4 Å². The highest BCUT2D eigenvalue weighted by Gasteiger charge is 1.83. The van der Waals surface area contributed by atoms with Crippen molar-refractivity contribution in [2.75, 3.05) is 0 Å². The molecule has 0 amide bonds. The van der Waals surface area contributed by atoms with Crippen molar-refractivity contribution >= 4 is 7.28 Å². The van der Waals surface area contributed by atoms with Gasteiger partial charge in [-0.3, -0.25) is 0 Å². The van der Waals surface area contributed by atoms with Crippen LogP contribution in [-0.2, 0) is 0 Å². The standard InChI is InChI=1S/C8H10.C3H8B.C2H6/c1-7-5-3-4-6-8(7)2;1-3-4-2;1-2/h3-6H,1-2H3;3H2,1-2H3;1-2H3. The molecule has 0 unspecified atom stereocenters. The zero-order valence-corrected chi connectivity index (χ0v) is 10.6. The topological polar surface area (TPSA) is 0 Å². The molecule has 0 nitrogen and oxygen atoms in total. The van der Waals surface area contributed by atoms with E-state index in [2.05, 4.69) is 59.1 Å². The second-order valence-electron chi connectivity index (χ2n) is 2.90. The van der Waals surface area contributed by atoms with E-state index >= 15 is 0 Å². The summed E-state index contributed by atoms with van der Waals surface area (Å²) >= 11 is 0. The predicted octanol–water partition coefficient (Wildman–Crippen LogP) is 4.51. The number of rotatable bonds is 1. The average molecular weight is 191 g/mol. The van der Waals surface area contributed by atoms with E-state index in [4.69, 9.17) is 0 Å². The predicted molar refractivity (Wildman–Crippen MR) is 69.4 cm³/mol. The van der Waals surface area contributed by atoms with E-state index in [1.807, 2.05) is 13.8 Å². The summed E-state index contributed by atoms with van der Waals surface area (Å²) in [6.07, 6.45) is 1.19. The first-order chi connectivity index (χ1) is 6.72. The summed E-state index contributed by atoms with van der Waals surface area (Å²) in [6.45, 7) is 12.4.